The maximum Gasteiger partial charge on any atom is 0.255 e. The Kier molecular flexibility index (Phi) is 3.04. The zero-order valence-electron chi connectivity index (χ0n) is 11.7. The van der Waals surface area contributed by atoms with Crippen LogP contribution in [0.15, 0.2) is 40.9 Å². The fourth-order valence-corrected chi connectivity index (χ4v) is 3.58. The fraction of sp³-hybridized carbons (Fsp3) is 0.176. The first kappa shape index (κ1) is 13.5. The molecule has 0 saturated carbocycles. The molecule has 4 nitrogen and oxygen atoms in total. The predicted octanol–water partition coefficient (Wildman–Crippen LogP) is 3.15. The third kappa shape index (κ3) is 2.13. The van der Waals surface area contributed by atoms with Crippen LogP contribution in [0.1, 0.15) is 21.5 Å². The molecule has 0 fully saturated rings. The Labute approximate surface area is 136 Å². The number of amides is 2. The summed E-state index contributed by atoms with van der Waals surface area (Å²) in [4.78, 5) is 26.2. The van der Waals surface area contributed by atoms with Crippen molar-refractivity contribution < 1.29 is 9.59 Å². The minimum absolute atomic E-state index is 0.137. The molecule has 0 aliphatic carbocycles. The van der Waals surface area contributed by atoms with Crippen LogP contribution in [-0.4, -0.2) is 18.4 Å². The molecule has 0 aromatic heterocycles. The molecule has 2 aromatic carbocycles. The Hall–Kier alpha value is -2.14. The van der Waals surface area contributed by atoms with E-state index >= 15 is 0 Å². The Morgan fingerprint density at radius 3 is 2.82 bits per heavy atom. The number of carbonyl (C=O) groups is 2. The zero-order valence-corrected chi connectivity index (χ0v) is 13.3. The third-order valence-corrected chi connectivity index (χ3v) is 4.62. The van der Waals surface area contributed by atoms with Gasteiger partial charge in [-0.25, -0.2) is 0 Å². The van der Waals surface area contributed by atoms with Gasteiger partial charge in [0.2, 0.25) is 5.91 Å². The van der Waals surface area contributed by atoms with Crippen LogP contribution < -0.4 is 10.2 Å². The molecule has 4 rings (SSSR count). The number of anilines is 2. The van der Waals surface area contributed by atoms with Crippen molar-refractivity contribution in [2.24, 2.45) is 0 Å². The first-order chi connectivity index (χ1) is 10.6. The van der Waals surface area contributed by atoms with Crippen molar-refractivity contribution in [3.63, 3.8) is 0 Å². The molecule has 2 heterocycles. The lowest BCUT2D eigenvalue weighted by molar-refractivity contribution is -0.117. The number of hydrogen-bond acceptors (Lipinski definition) is 2. The summed E-state index contributed by atoms with van der Waals surface area (Å²) in [6, 6.07) is 11.2. The molecular weight excluding hydrogens is 344 g/mol. The Bertz CT molecular complexity index is 816. The van der Waals surface area contributed by atoms with Crippen LogP contribution in [0.4, 0.5) is 11.4 Å². The van der Waals surface area contributed by atoms with Crippen LogP contribution in [0, 0.1) is 0 Å². The molecule has 0 spiro atoms. The van der Waals surface area contributed by atoms with E-state index in [1.54, 1.807) is 0 Å². The minimum atomic E-state index is -0.144. The van der Waals surface area contributed by atoms with E-state index in [-0.39, 0.29) is 11.8 Å². The van der Waals surface area contributed by atoms with Gasteiger partial charge in [-0.2, -0.15) is 0 Å². The van der Waals surface area contributed by atoms with Crippen molar-refractivity contribution in [1.82, 2.24) is 0 Å². The number of rotatable bonds is 2. The number of carbonyl (C=O) groups excluding carboxylic acids is 2. The molecule has 2 amide bonds. The number of benzene rings is 2. The monoisotopic (exact) mass is 356 g/mol. The minimum Gasteiger partial charge on any atom is -0.322 e. The van der Waals surface area contributed by atoms with E-state index < -0.39 is 0 Å². The number of nitrogens with one attached hydrogen (secondary N) is 1. The van der Waals surface area contributed by atoms with Gasteiger partial charge in [0.05, 0.1) is 12.1 Å². The van der Waals surface area contributed by atoms with E-state index in [1.807, 2.05) is 41.3 Å². The second-order valence-electron chi connectivity index (χ2n) is 5.58. The third-order valence-electron chi connectivity index (χ3n) is 4.13. The van der Waals surface area contributed by atoms with E-state index in [2.05, 4.69) is 21.2 Å². The highest BCUT2D eigenvalue weighted by Gasteiger charge is 2.34. The van der Waals surface area contributed by atoms with Gasteiger partial charge in [0, 0.05) is 22.3 Å². The van der Waals surface area contributed by atoms with Crippen molar-refractivity contribution in [3.05, 3.63) is 57.6 Å². The van der Waals surface area contributed by atoms with Gasteiger partial charge in [0.1, 0.15) is 0 Å². The van der Waals surface area contributed by atoms with Crippen molar-refractivity contribution >= 4 is 39.1 Å². The standard InChI is InChI=1S/C17H13BrN2O2/c18-13-2-1-3-14(9-13)19-17(22)12-6-10-4-5-20-15(21)8-11(7-12)16(10)20/h1-3,6-7,9H,4-5,8H2,(H,19,22). The topological polar surface area (TPSA) is 49.4 Å². The fourth-order valence-electron chi connectivity index (χ4n) is 3.18. The highest BCUT2D eigenvalue weighted by Crippen LogP contribution is 2.38. The molecule has 2 aliphatic heterocycles. The number of nitrogens with zero attached hydrogens (tertiary/aromatic N) is 1. The van der Waals surface area contributed by atoms with E-state index in [0.717, 1.165) is 39.9 Å². The van der Waals surface area contributed by atoms with E-state index in [9.17, 15) is 9.59 Å². The molecular formula is C17H13BrN2O2. The molecule has 0 saturated heterocycles. The predicted molar refractivity (Wildman–Crippen MR) is 88.3 cm³/mol. The molecule has 1 N–H and O–H groups in total. The van der Waals surface area contributed by atoms with Crippen molar-refractivity contribution in [3.8, 4) is 0 Å². The summed E-state index contributed by atoms with van der Waals surface area (Å²) in [5, 5.41) is 2.90. The second-order valence-corrected chi connectivity index (χ2v) is 6.50. The van der Waals surface area contributed by atoms with Crippen LogP contribution in [0.3, 0.4) is 0 Å². The molecule has 2 aromatic rings. The molecule has 0 radical (unpaired) electrons. The molecule has 0 atom stereocenters. The van der Waals surface area contributed by atoms with Crippen molar-refractivity contribution in [2.75, 3.05) is 16.8 Å². The van der Waals surface area contributed by atoms with E-state index in [4.69, 9.17) is 0 Å². The van der Waals surface area contributed by atoms with Gasteiger partial charge in [0.15, 0.2) is 0 Å². The average molecular weight is 357 g/mol. The summed E-state index contributed by atoms with van der Waals surface area (Å²) in [5.74, 6) is -0.00625. The normalized spacial score (nSPS) is 15.1. The largest absolute Gasteiger partial charge is 0.322 e. The molecule has 5 heteroatoms. The van der Waals surface area contributed by atoms with E-state index in [0.29, 0.717) is 12.0 Å². The van der Waals surface area contributed by atoms with Gasteiger partial charge >= 0.3 is 0 Å². The Balaban J connectivity index is 1.66. The zero-order chi connectivity index (χ0) is 15.3. The summed E-state index contributed by atoms with van der Waals surface area (Å²) in [6.07, 6.45) is 1.23. The Morgan fingerprint density at radius 1 is 1.18 bits per heavy atom. The first-order valence-corrected chi connectivity index (χ1v) is 7.94. The maximum absolute atomic E-state index is 12.5. The lowest BCUT2D eigenvalue weighted by Gasteiger charge is -2.10. The van der Waals surface area contributed by atoms with Crippen LogP contribution in [0.5, 0.6) is 0 Å². The van der Waals surface area contributed by atoms with Gasteiger partial charge in [-0.15, -0.1) is 0 Å². The van der Waals surface area contributed by atoms with Gasteiger partial charge in [-0.05, 0) is 47.9 Å². The van der Waals surface area contributed by atoms with Crippen LogP contribution in [0.2, 0.25) is 0 Å². The van der Waals surface area contributed by atoms with Crippen LogP contribution in [0.25, 0.3) is 0 Å². The summed E-state index contributed by atoms with van der Waals surface area (Å²) in [6.45, 7) is 0.734. The van der Waals surface area contributed by atoms with Crippen LogP contribution >= 0.6 is 15.9 Å². The second kappa shape index (κ2) is 4.95. The molecule has 22 heavy (non-hydrogen) atoms. The van der Waals surface area contributed by atoms with Crippen molar-refractivity contribution in [1.29, 1.82) is 0 Å². The van der Waals surface area contributed by atoms with Gasteiger partial charge in [-0.1, -0.05) is 22.0 Å². The highest BCUT2D eigenvalue weighted by atomic mass is 79.9. The Morgan fingerprint density at radius 2 is 2.00 bits per heavy atom. The molecule has 0 bridgehead atoms. The van der Waals surface area contributed by atoms with E-state index in [1.165, 1.54) is 0 Å². The van der Waals surface area contributed by atoms with Gasteiger partial charge in [-0.3, -0.25) is 9.59 Å². The number of hydrogen-bond donors (Lipinski definition) is 1. The number of halogens is 1. The highest BCUT2D eigenvalue weighted by molar-refractivity contribution is 9.10. The summed E-state index contributed by atoms with van der Waals surface area (Å²) < 4.78 is 0.916. The van der Waals surface area contributed by atoms with Crippen LogP contribution in [-0.2, 0) is 17.6 Å². The smallest absolute Gasteiger partial charge is 0.255 e. The molecule has 110 valence electrons. The quantitative estimate of drug-likeness (QED) is 0.898. The summed E-state index contributed by atoms with van der Waals surface area (Å²) >= 11 is 3.39. The lowest BCUT2D eigenvalue weighted by Crippen LogP contribution is -2.24. The summed E-state index contributed by atoms with van der Waals surface area (Å²) in [7, 11) is 0. The summed E-state index contributed by atoms with van der Waals surface area (Å²) in [5.41, 5.74) is 4.46. The van der Waals surface area contributed by atoms with Gasteiger partial charge in [0.25, 0.3) is 5.91 Å². The van der Waals surface area contributed by atoms with Gasteiger partial charge < -0.3 is 10.2 Å². The first-order valence-electron chi connectivity index (χ1n) is 7.15. The SMILES string of the molecule is O=C(Nc1cccc(Br)c1)c1cc2c3c(c1)CC(=O)N3CC2. The average Bonchev–Trinajstić information content (AvgIpc) is 3.04. The molecule has 2 aliphatic rings. The van der Waals surface area contributed by atoms with Crippen molar-refractivity contribution in [2.45, 2.75) is 12.8 Å². The molecule has 0 unspecified atom stereocenters. The maximum atomic E-state index is 12.5. The lowest BCUT2D eigenvalue weighted by atomic mass is 10.0.